The monoisotopic (exact) mass is 298 g/mol. The van der Waals surface area contributed by atoms with Crippen LogP contribution < -0.4 is 0 Å². The van der Waals surface area contributed by atoms with Gasteiger partial charge < -0.3 is 5.11 Å². The first-order chi connectivity index (χ1) is 7.99. The van der Waals surface area contributed by atoms with Crippen molar-refractivity contribution in [2.75, 3.05) is 0 Å². The maximum Gasteiger partial charge on any atom is 0.356 e. The van der Waals surface area contributed by atoms with Crippen LogP contribution >= 0.6 is 15.9 Å². The lowest BCUT2D eigenvalue weighted by Gasteiger charge is -2.03. The van der Waals surface area contributed by atoms with Gasteiger partial charge in [0.1, 0.15) is 5.82 Å². The van der Waals surface area contributed by atoms with Crippen molar-refractivity contribution in [3.05, 3.63) is 45.9 Å². The van der Waals surface area contributed by atoms with Crippen LogP contribution in [0.2, 0.25) is 0 Å². The summed E-state index contributed by atoms with van der Waals surface area (Å²) in [6.45, 7) is 1.64. The van der Waals surface area contributed by atoms with Crippen molar-refractivity contribution in [3.8, 4) is 5.69 Å². The highest BCUT2D eigenvalue weighted by molar-refractivity contribution is 9.10. The molecule has 1 N–H and O–H groups in total. The number of carboxylic acid groups (broad SMARTS) is 1. The molecule has 17 heavy (non-hydrogen) atoms. The summed E-state index contributed by atoms with van der Waals surface area (Å²) < 4.78 is 15.1. The predicted octanol–water partition coefficient (Wildman–Crippen LogP) is 2.78. The van der Waals surface area contributed by atoms with E-state index in [0.29, 0.717) is 15.7 Å². The van der Waals surface area contributed by atoms with Crippen LogP contribution in [0.4, 0.5) is 4.39 Å². The van der Waals surface area contributed by atoms with E-state index in [1.807, 2.05) is 0 Å². The minimum atomic E-state index is -1.10. The molecule has 0 aliphatic heterocycles. The summed E-state index contributed by atoms with van der Waals surface area (Å²) in [5.41, 5.74) is 0.940. The van der Waals surface area contributed by atoms with Crippen molar-refractivity contribution in [3.63, 3.8) is 0 Å². The number of benzene rings is 1. The van der Waals surface area contributed by atoms with Crippen molar-refractivity contribution >= 4 is 21.9 Å². The Bertz CT molecular complexity index is 595. The highest BCUT2D eigenvalue weighted by atomic mass is 79.9. The predicted molar refractivity (Wildman–Crippen MR) is 62.9 cm³/mol. The van der Waals surface area contributed by atoms with E-state index in [9.17, 15) is 9.18 Å². The summed E-state index contributed by atoms with van der Waals surface area (Å²) in [5.74, 6) is -1.51. The first-order valence-corrected chi connectivity index (χ1v) is 5.53. The van der Waals surface area contributed by atoms with E-state index in [2.05, 4.69) is 21.0 Å². The maximum atomic E-state index is 13.1. The summed E-state index contributed by atoms with van der Waals surface area (Å²) in [6.07, 6.45) is 1.54. The van der Waals surface area contributed by atoms with Gasteiger partial charge in [0.15, 0.2) is 5.69 Å². The van der Waals surface area contributed by atoms with Gasteiger partial charge in [-0.25, -0.2) is 13.9 Å². The largest absolute Gasteiger partial charge is 0.476 e. The second kappa shape index (κ2) is 4.29. The van der Waals surface area contributed by atoms with Crippen LogP contribution in [-0.2, 0) is 0 Å². The topological polar surface area (TPSA) is 55.1 Å². The number of halogens is 2. The SMILES string of the molecule is Cc1cn(-c2cc(F)ccc2Br)nc1C(=O)O. The van der Waals surface area contributed by atoms with Crippen LogP contribution in [0, 0.1) is 12.7 Å². The number of aromatic nitrogens is 2. The highest BCUT2D eigenvalue weighted by Crippen LogP contribution is 2.22. The molecule has 0 spiro atoms. The third-order valence-corrected chi connectivity index (χ3v) is 2.93. The highest BCUT2D eigenvalue weighted by Gasteiger charge is 2.14. The van der Waals surface area contributed by atoms with Crippen LogP contribution in [-0.4, -0.2) is 20.9 Å². The zero-order valence-corrected chi connectivity index (χ0v) is 10.4. The molecule has 0 saturated carbocycles. The Kier molecular flexibility index (Phi) is 2.97. The van der Waals surface area contributed by atoms with Gasteiger partial charge in [0.05, 0.1) is 5.69 Å². The Balaban J connectivity index is 2.57. The summed E-state index contributed by atoms with van der Waals surface area (Å²) in [6, 6.07) is 4.13. The molecule has 0 saturated heterocycles. The Morgan fingerprint density at radius 2 is 2.24 bits per heavy atom. The lowest BCUT2D eigenvalue weighted by Crippen LogP contribution is -2.02. The second-order valence-electron chi connectivity index (χ2n) is 3.51. The summed E-state index contributed by atoms with van der Waals surface area (Å²) in [4.78, 5) is 10.9. The van der Waals surface area contributed by atoms with E-state index in [0.717, 1.165) is 0 Å². The maximum absolute atomic E-state index is 13.1. The van der Waals surface area contributed by atoms with E-state index >= 15 is 0 Å². The Morgan fingerprint density at radius 1 is 1.53 bits per heavy atom. The molecule has 1 aromatic carbocycles. The normalized spacial score (nSPS) is 10.5. The third-order valence-electron chi connectivity index (χ3n) is 2.25. The minimum absolute atomic E-state index is 0.0406. The van der Waals surface area contributed by atoms with E-state index in [4.69, 9.17) is 5.11 Å². The molecule has 1 heterocycles. The second-order valence-corrected chi connectivity index (χ2v) is 4.36. The van der Waals surface area contributed by atoms with Crippen LogP contribution in [0.15, 0.2) is 28.9 Å². The fraction of sp³-hybridized carbons (Fsp3) is 0.0909. The Labute approximate surface area is 105 Å². The van der Waals surface area contributed by atoms with E-state index in [1.54, 1.807) is 19.2 Å². The molecule has 88 valence electrons. The van der Waals surface area contributed by atoms with Gasteiger partial charge in [-0.2, -0.15) is 5.10 Å². The van der Waals surface area contributed by atoms with Crippen molar-refractivity contribution in [2.24, 2.45) is 0 Å². The molecule has 0 aliphatic rings. The number of aromatic carboxylic acids is 1. The number of carboxylic acids is 1. The van der Waals surface area contributed by atoms with Gasteiger partial charge >= 0.3 is 5.97 Å². The minimum Gasteiger partial charge on any atom is -0.476 e. The Morgan fingerprint density at radius 3 is 2.82 bits per heavy atom. The molecule has 2 rings (SSSR count). The van der Waals surface area contributed by atoms with Gasteiger partial charge in [-0.1, -0.05) is 0 Å². The third kappa shape index (κ3) is 2.21. The molecular formula is C11H8BrFN2O2. The molecule has 0 unspecified atom stereocenters. The van der Waals surface area contributed by atoms with Crippen LogP contribution in [0.25, 0.3) is 5.69 Å². The number of nitrogens with zero attached hydrogens (tertiary/aromatic N) is 2. The van der Waals surface area contributed by atoms with E-state index in [1.165, 1.54) is 16.8 Å². The quantitative estimate of drug-likeness (QED) is 0.927. The van der Waals surface area contributed by atoms with Crippen molar-refractivity contribution in [2.45, 2.75) is 6.92 Å². The summed E-state index contributed by atoms with van der Waals surface area (Å²) in [7, 11) is 0. The van der Waals surface area contributed by atoms with Gasteiger partial charge in [0.2, 0.25) is 0 Å². The number of rotatable bonds is 2. The van der Waals surface area contributed by atoms with Gasteiger partial charge in [0, 0.05) is 22.3 Å². The van der Waals surface area contributed by atoms with Crippen molar-refractivity contribution in [1.29, 1.82) is 0 Å². The van der Waals surface area contributed by atoms with Crippen molar-refractivity contribution < 1.29 is 14.3 Å². The van der Waals surface area contributed by atoms with E-state index in [-0.39, 0.29) is 5.69 Å². The molecule has 1 aromatic heterocycles. The molecule has 0 atom stereocenters. The van der Waals surface area contributed by atoms with Crippen molar-refractivity contribution in [1.82, 2.24) is 9.78 Å². The van der Waals surface area contributed by atoms with Gasteiger partial charge in [-0.15, -0.1) is 0 Å². The fourth-order valence-corrected chi connectivity index (χ4v) is 1.88. The number of aryl methyl sites for hydroxylation is 1. The Hall–Kier alpha value is -1.69. The molecule has 4 nitrogen and oxygen atoms in total. The van der Waals surface area contributed by atoms with Gasteiger partial charge in [-0.05, 0) is 35.0 Å². The van der Waals surface area contributed by atoms with Crippen LogP contribution in [0.1, 0.15) is 16.1 Å². The molecule has 0 bridgehead atoms. The van der Waals surface area contributed by atoms with Crippen LogP contribution in [0.3, 0.4) is 0 Å². The standard InChI is InChI=1S/C11H8BrFN2O2/c1-6-5-15(14-10(6)11(16)17)9-4-7(13)2-3-8(9)12/h2-5H,1H3,(H,16,17). The smallest absolute Gasteiger partial charge is 0.356 e. The number of hydrogen-bond acceptors (Lipinski definition) is 2. The summed E-state index contributed by atoms with van der Waals surface area (Å²) in [5, 5.41) is 12.8. The first-order valence-electron chi connectivity index (χ1n) is 4.74. The average molecular weight is 299 g/mol. The summed E-state index contributed by atoms with van der Waals surface area (Å²) >= 11 is 3.26. The zero-order valence-electron chi connectivity index (χ0n) is 8.82. The van der Waals surface area contributed by atoms with Gasteiger partial charge in [-0.3, -0.25) is 0 Å². The lowest BCUT2D eigenvalue weighted by molar-refractivity contribution is 0.0689. The lowest BCUT2D eigenvalue weighted by atomic mass is 10.3. The molecule has 2 aromatic rings. The number of carbonyl (C=O) groups is 1. The first kappa shape index (κ1) is 11.8. The fourth-order valence-electron chi connectivity index (χ4n) is 1.46. The van der Waals surface area contributed by atoms with E-state index < -0.39 is 11.8 Å². The molecule has 0 radical (unpaired) electrons. The average Bonchev–Trinajstić information content (AvgIpc) is 2.64. The molecule has 0 fully saturated rings. The molecule has 6 heteroatoms. The van der Waals surface area contributed by atoms with Crippen LogP contribution in [0.5, 0.6) is 0 Å². The molecular weight excluding hydrogens is 291 g/mol. The molecule has 0 amide bonds. The van der Waals surface area contributed by atoms with Gasteiger partial charge in [0.25, 0.3) is 0 Å². The zero-order chi connectivity index (χ0) is 12.6. The molecule has 0 aliphatic carbocycles. The number of hydrogen-bond donors (Lipinski definition) is 1.